The molecule has 0 aromatic carbocycles. The summed E-state index contributed by atoms with van der Waals surface area (Å²) in [5.41, 5.74) is 6.29. The molecule has 3 N–H and O–H groups in total. The number of aliphatic carboxylic acids is 1. The Hall–Kier alpha value is -1.33. The standard InChI is InChI=1S/C9H14N2O3/c1-11(8(4-10)9(12)13)5-7-2-3-14-6-7/h2-3,6,8H,4-5,10H2,1H3,(H,12,13). The van der Waals surface area contributed by atoms with Gasteiger partial charge in [0.25, 0.3) is 0 Å². The molecule has 1 rings (SSSR count). The Labute approximate surface area is 82.1 Å². The quantitative estimate of drug-likeness (QED) is 0.702. The van der Waals surface area contributed by atoms with Crippen molar-refractivity contribution in [2.75, 3.05) is 13.6 Å². The molecule has 0 saturated carbocycles. The SMILES string of the molecule is CN(Cc1ccoc1)C(CN)C(=O)O. The van der Waals surface area contributed by atoms with Gasteiger partial charge in [0.2, 0.25) is 0 Å². The van der Waals surface area contributed by atoms with Gasteiger partial charge in [-0.05, 0) is 13.1 Å². The smallest absolute Gasteiger partial charge is 0.322 e. The minimum Gasteiger partial charge on any atom is -0.480 e. The lowest BCUT2D eigenvalue weighted by Gasteiger charge is -2.22. The highest BCUT2D eigenvalue weighted by atomic mass is 16.4. The van der Waals surface area contributed by atoms with Crippen LogP contribution in [-0.2, 0) is 11.3 Å². The molecular formula is C9H14N2O3. The molecule has 0 aliphatic heterocycles. The first-order valence-electron chi connectivity index (χ1n) is 4.29. The van der Waals surface area contributed by atoms with Gasteiger partial charge < -0.3 is 15.3 Å². The average molecular weight is 198 g/mol. The minimum absolute atomic E-state index is 0.101. The number of carboxylic acids is 1. The van der Waals surface area contributed by atoms with Crippen LogP contribution in [0.15, 0.2) is 23.0 Å². The van der Waals surface area contributed by atoms with E-state index in [4.69, 9.17) is 15.3 Å². The summed E-state index contributed by atoms with van der Waals surface area (Å²) in [7, 11) is 1.72. The molecule has 5 heteroatoms. The molecule has 0 amide bonds. The Balaban J connectivity index is 2.56. The van der Waals surface area contributed by atoms with Crippen molar-refractivity contribution in [2.45, 2.75) is 12.6 Å². The van der Waals surface area contributed by atoms with Gasteiger partial charge in [0.15, 0.2) is 0 Å². The van der Waals surface area contributed by atoms with Crippen LogP contribution in [0, 0.1) is 0 Å². The Morgan fingerprint density at radius 3 is 2.93 bits per heavy atom. The van der Waals surface area contributed by atoms with Crippen molar-refractivity contribution in [1.82, 2.24) is 4.90 Å². The number of carbonyl (C=O) groups is 1. The van der Waals surface area contributed by atoms with E-state index in [0.29, 0.717) is 6.54 Å². The lowest BCUT2D eigenvalue weighted by molar-refractivity contribution is -0.142. The lowest BCUT2D eigenvalue weighted by Crippen LogP contribution is -2.43. The second-order valence-corrected chi connectivity index (χ2v) is 3.14. The molecule has 1 aromatic heterocycles. The molecule has 0 bridgehead atoms. The molecule has 0 aliphatic rings. The molecular weight excluding hydrogens is 184 g/mol. The topological polar surface area (TPSA) is 79.7 Å². The second kappa shape index (κ2) is 4.78. The van der Waals surface area contributed by atoms with Crippen LogP contribution in [0.4, 0.5) is 0 Å². The first-order chi connectivity index (χ1) is 6.65. The van der Waals surface area contributed by atoms with Gasteiger partial charge in [-0.2, -0.15) is 0 Å². The van der Waals surface area contributed by atoms with Gasteiger partial charge in [0, 0.05) is 18.7 Å². The zero-order valence-corrected chi connectivity index (χ0v) is 8.01. The molecule has 14 heavy (non-hydrogen) atoms. The summed E-state index contributed by atoms with van der Waals surface area (Å²) in [4.78, 5) is 12.4. The minimum atomic E-state index is -0.904. The average Bonchev–Trinajstić information content (AvgIpc) is 2.57. The highest BCUT2D eigenvalue weighted by Crippen LogP contribution is 2.06. The number of hydrogen-bond donors (Lipinski definition) is 2. The summed E-state index contributed by atoms with van der Waals surface area (Å²) in [5, 5.41) is 8.83. The molecule has 0 aliphatic carbocycles. The molecule has 78 valence electrons. The Morgan fingerprint density at radius 1 is 1.79 bits per heavy atom. The first kappa shape index (κ1) is 10.7. The number of carboxylic acid groups (broad SMARTS) is 1. The summed E-state index contributed by atoms with van der Waals surface area (Å²) in [6, 6.07) is 1.15. The number of rotatable bonds is 5. The number of furan rings is 1. The Morgan fingerprint density at radius 2 is 2.50 bits per heavy atom. The first-order valence-corrected chi connectivity index (χ1v) is 4.29. The van der Waals surface area contributed by atoms with Crippen LogP contribution in [0.1, 0.15) is 5.56 Å². The van der Waals surface area contributed by atoms with Crippen molar-refractivity contribution in [3.8, 4) is 0 Å². The van der Waals surface area contributed by atoms with Crippen LogP contribution in [-0.4, -0.2) is 35.6 Å². The van der Waals surface area contributed by atoms with Gasteiger partial charge in [-0.25, -0.2) is 0 Å². The maximum absolute atomic E-state index is 10.8. The summed E-state index contributed by atoms with van der Waals surface area (Å²) >= 11 is 0. The van der Waals surface area contributed by atoms with Crippen molar-refractivity contribution in [3.05, 3.63) is 24.2 Å². The predicted octanol–water partition coefficient (Wildman–Crippen LogP) is 0.123. The van der Waals surface area contributed by atoms with E-state index in [1.165, 1.54) is 0 Å². The summed E-state index contributed by atoms with van der Waals surface area (Å²) < 4.78 is 4.88. The Bertz CT molecular complexity index is 284. The van der Waals surface area contributed by atoms with Gasteiger partial charge >= 0.3 is 5.97 Å². The second-order valence-electron chi connectivity index (χ2n) is 3.14. The van der Waals surface area contributed by atoms with Gasteiger partial charge in [-0.3, -0.25) is 9.69 Å². The third-order valence-corrected chi connectivity index (χ3v) is 2.05. The summed E-state index contributed by atoms with van der Waals surface area (Å²) in [6.07, 6.45) is 3.15. The number of nitrogens with two attached hydrogens (primary N) is 1. The maximum Gasteiger partial charge on any atom is 0.322 e. The molecule has 1 aromatic rings. The molecule has 1 atom stereocenters. The number of likely N-dealkylation sites (N-methyl/N-ethyl adjacent to an activating group) is 1. The maximum atomic E-state index is 10.8. The third kappa shape index (κ3) is 2.58. The van der Waals surface area contributed by atoms with Crippen LogP contribution in [0.3, 0.4) is 0 Å². The fraction of sp³-hybridized carbons (Fsp3) is 0.444. The lowest BCUT2D eigenvalue weighted by atomic mass is 10.2. The van der Waals surface area contributed by atoms with E-state index in [9.17, 15) is 4.79 Å². The van der Waals surface area contributed by atoms with E-state index in [1.807, 2.05) is 0 Å². The van der Waals surface area contributed by atoms with Crippen LogP contribution in [0.5, 0.6) is 0 Å². The highest BCUT2D eigenvalue weighted by Gasteiger charge is 2.20. The predicted molar refractivity (Wildman–Crippen MR) is 50.7 cm³/mol. The van der Waals surface area contributed by atoms with Crippen molar-refractivity contribution < 1.29 is 14.3 Å². The van der Waals surface area contributed by atoms with Gasteiger partial charge in [0.1, 0.15) is 6.04 Å². The van der Waals surface area contributed by atoms with Crippen LogP contribution in [0.25, 0.3) is 0 Å². The van der Waals surface area contributed by atoms with Gasteiger partial charge in [0.05, 0.1) is 12.5 Å². The van der Waals surface area contributed by atoms with Crippen LogP contribution in [0.2, 0.25) is 0 Å². The fourth-order valence-corrected chi connectivity index (χ4v) is 1.25. The molecule has 0 radical (unpaired) electrons. The number of hydrogen-bond acceptors (Lipinski definition) is 4. The van der Waals surface area contributed by atoms with Crippen LogP contribution < -0.4 is 5.73 Å². The third-order valence-electron chi connectivity index (χ3n) is 2.05. The molecule has 0 spiro atoms. The molecule has 0 fully saturated rings. The molecule has 1 heterocycles. The van der Waals surface area contributed by atoms with E-state index in [1.54, 1.807) is 30.5 Å². The van der Waals surface area contributed by atoms with E-state index in [0.717, 1.165) is 5.56 Å². The van der Waals surface area contributed by atoms with E-state index >= 15 is 0 Å². The van der Waals surface area contributed by atoms with Crippen molar-refractivity contribution in [2.24, 2.45) is 5.73 Å². The Kier molecular flexibility index (Phi) is 3.67. The zero-order chi connectivity index (χ0) is 10.6. The molecule has 0 saturated heterocycles. The van der Waals surface area contributed by atoms with E-state index < -0.39 is 12.0 Å². The van der Waals surface area contributed by atoms with Crippen molar-refractivity contribution >= 4 is 5.97 Å². The van der Waals surface area contributed by atoms with Crippen molar-refractivity contribution in [3.63, 3.8) is 0 Å². The van der Waals surface area contributed by atoms with Crippen molar-refractivity contribution in [1.29, 1.82) is 0 Å². The highest BCUT2D eigenvalue weighted by molar-refractivity contribution is 5.73. The molecule has 1 unspecified atom stereocenters. The van der Waals surface area contributed by atoms with Gasteiger partial charge in [-0.15, -0.1) is 0 Å². The normalized spacial score (nSPS) is 13.1. The largest absolute Gasteiger partial charge is 0.480 e. The number of nitrogens with zero attached hydrogens (tertiary/aromatic N) is 1. The summed E-state index contributed by atoms with van der Waals surface area (Å²) in [6.45, 7) is 0.619. The zero-order valence-electron chi connectivity index (χ0n) is 8.01. The monoisotopic (exact) mass is 198 g/mol. The molecule has 5 nitrogen and oxygen atoms in total. The van der Waals surface area contributed by atoms with E-state index in [-0.39, 0.29) is 6.54 Å². The van der Waals surface area contributed by atoms with E-state index in [2.05, 4.69) is 0 Å². The van der Waals surface area contributed by atoms with Gasteiger partial charge in [-0.1, -0.05) is 0 Å². The summed E-state index contributed by atoms with van der Waals surface area (Å²) in [5.74, 6) is -0.904. The van der Waals surface area contributed by atoms with Crippen LogP contribution >= 0.6 is 0 Å². The fourth-order valence-electron chi connectivity index (χ4n) is 1.25.